The van der Waals surface area contributed by atoms with Crippen LogP contribution in [0.5, 0.6) is 0 Å². The smallest absolute Gasteiger partial charge is 0.0894 e. The summed E-state index contributed by atoms with van der Waals surface area (Å²) in [6.45, 7) is 4.38. The molecule has 4 nitrogen and oxygen atoms in total. The van der Waals surface area contributed by atoms with E-state index in [1.807, 2.05) is 13.8 Å². The zero-order valence-corrected chi connectivity index (χ0v) is 7.70. The Bertz CT molecular complexity index is 108. The Morgan fingerprint density at radius 1 is 1.17 bits per heavy atom. The Morgan fingerprint density at radius 3 is 2.17 bits per heavy atom. The van der Waals surface area contributed by atoms with Crippen LogP contribution >= 0.6 is 0 Å². The van der Waals surface area contributed by atoms with Gasteiger partial charge in [0.15, 0.2) is 0 Å². The summed E-state index contributed by atoms with van der Waals surface area (Å²) in [5.74, 6) is 0.212. The first-order chi connectivity index (χ1) is 5.57. The van der Waals surface area contributed by atoms with E-state index in [2.05, 4.69) is 5.32 Å². The van der Waals surface area contributed by atoms with Crippen LogP contribution in [-0.4, -0.2) is 47.2 Å². The minimum atomic E-state index is -0.732. The summed E-state index contributed by atoms with van der Waals surface area (Å²) in [6, 6.07) is 0. The molecule has 0 rings (SSSR count). The van der Waals surface area contributed by atoms with E-state index < -0.39 is 12.2 Å². The van der Waals surface area contributed by atoms with E-state index in [1.165, 1.54) is 0 Å². The molecule has 0 aliphatic heterocycles. The molecule has 0 spiro atoms. The van der Waals surface area contributed by atoms with E-state index in [1.54, 1.807) is 0 Å². The molecule has 4 N–H and O–H groups in total. The summed E-state index contributed by atoms with van der Waals surface area (Å²) in [4.78, 5) is 0. The Labute approximate surface area is 73.2 Å². The fourth-order valence-corrected chi connectivity index (χ4v) is 0.698. The molecule has 0 aliphatic carbocycles. The summed E-state index contributed by atoms with van der Waals surface area (Å²) >= 11 is 0. The van der Waals surface area contributed by atoms with Gasteiger partial charge in [0.25, 0.3) is 0 Å². The largest absolute Gasteiger partial charge is 0.394 e. The van der Waals surface area contributed by atoms with Crippen molar-refractivity contribution in [2.75, 3.05) is 19.7 Å². The van der Waals surface area contributed by atoms with Crippen molar-refractivity contribution in [3.8, 4) is 0 Å². The molecular formula is C8H19NO3. The predicted molar refractivity (Wildman–Crippen MR) is 46.8 cm³/mol. The lowest BCUT2D eigenvalue weighted by molar-refractivity contribution is 0.0828. The van der Waals surface area contributed by atoms with Crippen molar-refractivity contribution in [1.82, 2.24) is 5.32 Å². The van der Waals surface area contributed by atoms with Crippen LogP contribution in [-0.2, 0) is 0 Å². The lowest BCUT2D eigenvalue weighted by Gasteiger charge is -2.16. The summed E-state index contributed by atoms with van der Waals surface area (Å²) < 4.78 is 0. The molecule has 0 aromatic rings. The topological polar surface area (TPSA) is 72.7 Å². The van der Waals surface area contributed by atoms with Crippen molar-refractivity contribution in [1.29, 1.82) is 0 Å². The minimum absolute atomic E-state index is 0.212. The van der Waals surface area contributed by atoms with Gasteiger partial charge in [-0.25, -0.2) is 0 Å². The van der Waals surface area contributed by atoms with Crippen LogP contribution in [0.4, 0.5) is 0 Å². The average Bonchev–Trinajstić information content (AvgIpc) is 2.03. The molecule has 0 aliphatic rings. The maximum atomic E-state index is 9.31. The van der Waals surface area contributed by atoms with E-state index in [9.17, 15) is 5.11 Å². The summed E-state index contributed by atoms with van der Waals surface area (Å²) in [6.07, 6.45) is -1.12. The first-order valence-corrected chi connectivity index (χ1v) is 4.25. The molecule has 4 heteroatoms. The van der Waals surface area contributed by atoms with Crippen LogP contribution in [0.2, 0.25) is 0 Å². The molecule has 0 aromatic heterocycles. The van der Waals surface area contributed by atoms with E-state index >= 15 is 0 Å². The van der Waals surface area contributed by atoms with Crippen molar-refractivity contribution in [2.24, 2.45) is 5.92 Å². The van der Waals surface area contributed by atoms with Gasteiger partial charge < -0.3 is 20.6 Å². The highest BCUT2D eigenvalue weighted by Gasteiger charge is 2.08. The summed E-state index contributed by atoms with van der Waals surface area (Å²) in [7, 11) is 0. The van der Waals surface area contributed by atoms with Crippen LogP contribution in [0.15, 0.2) is 0 Å². The van der Waals surface area contributed by atoms with Gasteiger partial charge in [-0.05, 0) is 5.92 Å². The third kappa shape index (κ3) is 5.49. The molecule has 0 saturated carbocycles. The van der Waals surface area contributed by atoms with Gasteiger partial charge in [0, 0.05) is 13.1 Å². The van der Waals surface area contributed by atoms with E-state index in [4.69, 9.17) is 10.2 Å². The van der Waals surface area contributed by atoms with Crippen molar-refractivity contribution >= 4 is 0 Å². The molecule has 0 radical (unpaired) electrons. The molecule has 74 valence electrons. The van der Waals surface area contributed by atoms with Gasteiger partial charge >= 0.3 is 0 Å². The highest BCUT2D eigenvalue weighted by atomic mass is 16.3. The lowest BCUT2D eigenvalue weighted by Crippen LogP contribution is -2.36. The van der Waals surface area contributed by atoms with E-state index in [0.29, 0.717) is 13.1 Å². The summed E-state index contributed by atoms with van der Waals surface area (Å²) in [5, 5.41) is 29.5. The van der Waals surface area contributed by atoms with Gasteiger partial charge in [-0.1, -0.05) is 13.8 Å². The normalized spacial score (nSPS) is 16.5. The second-order valence-electron chi connectivity index (χ2n) is 3.31. The van der Waals surface area contributed by atoms with Crippen LogP contribution in [0.25, 0.3) is 0 Å². The van der Waals surface area contributed by atoms with Crippen LogP contribution in [0.3, 0.4) is 0 Å². The molecule has 0 saturated heterocycles. The molecule has 12 heavy (non-hydrogen) atoms. The quantitative estimate of drug-likeness (QED) is 0.417. The number of aliphatic hydroxyl groups excluding tert-OH is 3. The van der Waals surface area contributed by atoms with Crippen molar-refractivity contribution in [3.05, 3.63) is 0 Å². The molecular weight excluding hydrogens is 158 g/mol. The lowest BCUT2D eigenvalue weighted by atomic mass is 10.1. The second-order valence-corrected chi connectivity index (χ2v) is 3.31. The minimum Gasteiger partial charge on any atom is -0.394 e. The molecule has 0 bridgehead atoms. The number of rotatable bonds is 6. The van der Waals surface area contributed by atoms with Gasteiger partial charge in [0.1, 0.15) is 0 Å². The molecule has 2 atom stereocenters. The number of hydrogen-bond donors (Lipinski definition) is 4. The maximum absolute atomic E-state index is 9.31. The Morgan fingerprint density at radius 2 is 1.75 bits per heavy atom. The summed E-state index contributed by atoms with van der Waals surface area (Å²) in [5.41, 5.74) is 0. The van der Waals surface area contributed by atoms with Crippen molar-refractivity contribution < 1.29 is 15.3 Å². The Hall–Kier alpha value is -0.160. The van der Waals surface area contributed by atoms with Crippen molar-refractivity contribution in [2.45, 2.75) is 26.1 Å². The molecule has 0 amide bonds. The van der Waals surface area contributed by atoms with E-state index in [0.717, 1.165) is 0 Å². The highest BCUT2D eigenvalue weighted by molar-refractivity contribution is 4.65. The monoisotopic (exact) mass is 177 g/mol. The zero-order chi connectivity index (χ0) is 9.56. The highest BCUT2D eigenvalue weighted by Crippen LogP contribution is 1.98. The molecule has 0 aromatic carbocycles. The maximum Gasteiger partial charge on any atom is 0.0894 e. The van der Waals surface area contributed by atoms with Gasteiger partial charge in [-0.15, -0.1) is 0 Å². The van der Waals surface area contributed by atoms with Crippen LogP contribution < -0.4 is 5.32 Å². The molecule has 1 unspecified atom stereocenters. The predicted octanol–water partition coefficient (Wildman–Crippen LogP) is -1.05. The van der Waals surface area contributed by atoms with Gasteiger partial charge in [-0.2, -0.15) is 0 Å². The zero-order valence-electron chi connectivity index (χ0n) is 7.70. The Kier molecular flexibility index (Phi) is 6.28. The van der Waals surface area contributed by atoms with Gasteiger partial charge in [0.2, 0.25) is 0 Å². The number of hydrogen-bond acceptors (Lipinski definition) is 4. The standard InChI is InChI=1S/C8H19NO3/c1-6(2)8(12)4-9-3-7(11)5-10/h6-12H,3-5H2,1-2H3/t7-,8?/m0/s1. The SMILES string of the molecule is CC(C)C(O)CNC[C@H](O)CO. The Balaban J connectivity index is 3.30. The fourth-order valence-electron chi connectivity index (χ4n) is 0.698. The van der Waals surface area contributed by atoms with Gasteiger partial charge in [0.05, 0.1) is 18.8 Å². The van der Waals surface area contributed by atoms with Gasteiger partial charge in [-0.3, -0.25) is 0 Å². The third-order valence-electron chi connectivity index (χ3n) is 1.71. The number of aliphatic hydroxyl groups is 3. The first kappa shape index (κ1) is 11.8. The van der Waals surface area contributed by atoms with Crippen molar-refractivity contribution in [3.63, 3.8) is 0 Å². The second kappa shape index (κ2) is 6.37. The van der Waals surface area contributed by atoms with E-state index in [-0.39, 0.29) is 12.5 Å². The first-order valence-electron chi connectivity index (χ1n) is 4.25. The number of nitrogens with one attached hydrogen (secondary N) is 1. The van der Waals surface area contributed by atoms with Crippen LogP contribution in [0, 0.1) is 5.92 Å². The fraction of sp³-hybridized carbons (Fsp3) is 1.00. The van der Waals surface area contributed by atoms with Crippen LogP contribution in [0.1, 0.15) is 13.8 Å². The molecule has 0 heterocycles. The average molecular weight is 177 g/mol. The third-order valence-corrected chi connectivity index (χ3v) is 1.71. The molecule has 0 fully saturated rings.